The Bertz CT molecular complexity index is 795. The first kappa shape index (κ1) is 56.1. The zero-order valence-electron chi connectivity index (χ0n) is 21.4. The van der Waals surface area contributed by atoms with E-state index in [0.717, 1.165) is 38.5 Å². The normalized spacial score (nSPS) is 8.95. The number of hydrogen-bond donors (Lipinski definition) is 0. The van der Waals surface area contributed by atoms with Gasteiger partial charge in [0, 0.05) is 12.8 Å². The second-order valence-electron chi connectivity index (χ2n) is 7.28. The molecule has 0 bridgehead atoms. The maximum atomic E-state index is 12.7. The number of benzene rings is 2. The van der Waals surface area contributed by atoms with Crippen molar-refractivity contribution in [2.24, 2.45) is 0 Å². The van der Waals surface area contributed by atoms with Gasteiger partial charge in [0.25, 0.3) is 0 Å². The number of hydrogen-bond acceptors (Lipinski definition) is 3. The minimum atomic E-state index is -2.62. The van der Waals surface area contributed by atoms with Crippen molar-refractivity contribution in [1.82, 2.24) is 0 Å². The van der Waals surface area contributed by atoms with E-state index >= 15 is 0 Å². The summed E-state index contributed by atoms with van der Waals surface area (Å²) in [4.78, 5) is 0. The molecular formula is C29H52F6O2RfS-2. The van der Waals surface area contributed by atoms with E-state index in [4.69, 9.17) is 8.42 Å². The van der Waals surface area contributed by atoms with Gasteiger partial charge >= 0.3 is 0 Å². The Morgan fingerprint density at radius 3 is 1.13 bits per heavy atom. The standard InChI is InChI=1S/C12H16F2.C10H11F2.2CH3F.CH3O2S.4CH4.Rf/c1-3-4-10-5-7-11(8-6-10)9-12(2,13)14;1-8-3-5-9(6-4-8)7-10(2,11)12;2*1-2;1-4(2)3;;;;;/h5-8H,3-4,9H2,1-2H3;3-6H,1,7H2,2H3;2*1H3;1H3;4*1H4;/q;-1;;;-1;;;;;. The molecule has 2 aromatic rings. The van der Waals surface area contributed by atoms with E-state index in [1.165, 1.54) is 5.56 Å². The summed E-state index contributed by atoms with van der Waals surface area (Å²) in [5, 5.41) is 0. The van der Waals surface area contributed by atoms with Crippen LogP contribution in [0.5, 0.6) is 0 Å². The molecule has 0 radical (unpaired) electrons. The van der Waals surface area contributed by atoms with Gasteiger partial charge in [-0.15, -0.1) is 12.1 Å². The van der Waals surface area contributed by atoms with E-state index in [9.17, 15) is 26.3 Å². The third kappa shape index (κ3) is 42.2. The van der Waals surface area contributed by atoms with E-state index in [-0.39, 0.29) is 42.5 Å². The molecule has 0 aliphatic carbocycles. The Labute approximate surface area is 231 Å². The third-order valence-electron chi connectivity index (χ3n) is 3.61. The molecule has 39 heavy (non-hydrogen) atoms. The van der Waals surface area contributed by atoms with Crippen LogP contribution in [-0.2, 0) is 38.4 Å². The summed E-state index contributed by atoms with van der Waals surface area (Å²) in [6.45, 7) is 7.65. The van der Waals surface area contributed by atoms with Gasteiger partial charge in [0.05, 0.1) is 14.4 Å². The fraction of sp³-hybridized carbons (Fsp3) is 0.552. The Balaban J connectivity index is -0.0000000591. The minimum Gasteiger partial charge on any atom is -0.424 e. The number of aryl methyl sites for hydroxylation is 1. The molecule has 2 nitrogen and oxygen atoms in total. The van der Waals surface area contributed by atoms with Crippen LogP contribution in [-0.4, -0.2) is 32.5 Å². The average Bonchev–Trinajstić information content (AvgIpc) is 2.72. The molecule has 0 saturated heterocycles. The number of alkyl halides is 6. The van der Waals surface area contributed by atoms with Crippen molar-refractivity contribution in [1.29, 1.82) is 0 Å². The van der Waals surface area contributed by atoms with Crippen LogP contribution in [0.4, 0.5) is 26.3 Å². The summed E-state index contributed by atoms with van der Waals surface area (Å²) in [6.07, 6.45) is 2.82. The topological polar surface area (TPSA) is 34.1 Å². The van der Waals surface area contributed by atoms with E-state index in [1.807, 2.05) is 12.1 Å². The van der Waals surface area contributed by atoms with E-state index in [1.54, 1.807) is 36.4 Å². The second kappa shape index (κ2) is 31.1. The van der Waals surface area contributed by atoms with Crippen molar-refractivity contribution >= 4 is 10.7 Å². The molecule has 0 amide bonds. The third-order valence-corrected chi connectivity index (χ3v) is 3.61. The maximum absolute atomic E-state index is 12.7. The smallest absolute Gasteiger partial charge is 0.249 e. The fourth-order valence-corrected chi connectivity index (χ4v) is 2.49. The first-order valence-electron chi connectivity index (χ1n) is 10.2. The SMILES string of the molecule is C.C.C.C.CCCc1ccc(CC(C)(F)F)cc1.CF.CF.C[S-](=O)=O.[CH2-]c1ccc(CC(C)(F)F)cc1.[Rf]. The van der Waals surface area contributed by atoms with Gasteiger partial charge in [-0.25, -0.2) is 17.6 Å². The molecule has 0 N–H and O–H groups in total. The summed E-state index contributed by atoms with van der Waals surface area (Å²) in [7, 11) is -0.861. The van der Waals surface area contributed by atoms with Gasteiger partial charge in [0.2, 0.25) is 11.8 Å². The van der Waals surface area contributed by atoms with Gasteiger partial charge < -0.3 is 8.42 Å². The predicted molar refractivity (Wildman–Crippen MR) is 156 cm³/mol. The molecule has 232 valence electrons. The van der Waals surface area contributed by atoms with Gasteiger partial charge in [-0.2, -0.15) is 24.6 Å². The van der Waals surface area contributed by atoms with E-state index in [0.29, 0.717) is 25.5 Å². The summed E-state index contributed by atoms with van der Waals surface area (Å²) < 4.78 is 87.3. The minimum absolute atomic E-state index is 0. The predicted octanol–water partition coefficient (Wildman–Crippen LogP) is 10.5. The van der Waals surface area contributed by atoms with Crippen molar-refractivity contribution in [2.45, 2.75) is 88.0 Å². The molecule has 0 heterocycles. The van der Waals surface area contributed by atoms with Crippen molar-refractivity contribution in [3.63, 3.8) is 0 Å². The van der Waals surface area contributed by atoms with Crippen LogP contribution in [0.15, 0.2) is 48.5 Å². The monoisotopic (exact) mass is 845 g/mol. The van der Waals surface area contributed by atoms with Crippen LogP contribution >= 0.6 is 0 Å². The summed E-state index contributed by atoms with van der Waals surface area (Å²) in [5.74, 6) is -5.23. The molecular weight excluding hydrogens is 793 g/mol. The molecule has 0 aromatic heterocycles. The summed E-state index contributed by atoms with van der Waals surface area (Å²) >= 11 is 0. The molecule has 0 fully saturated rings. The number of halogens is 6. The first-order chi connectivity index (χ1) is 15.7. The van der Waals surface area contributed by atoms with Crippen LogP contribution in [0.25, 0.3) is 0 Å². The zero-order valence-corrected chi connectivity index (χ0v) is 28.6. The van der Waals surface area contributed by atoms with Gasteiger partial charge in [-0.05, 0) is 31.4 Å². The Hall–Kier alpha value is -3.16. The quantitative estimate of drug-likeness (QED) is 0.165. The van der Waals surface area contributed by atoms with Crippen LogP contribution < -0.4 is 0 Å². The molecule has 0 saturated carbocycles. The maximum Gasteiger partial charge on any atom is 0.249 e. The summed E-state index contributed by atoms with van der Waals surface area (Å²) in [6, 6.07) is 14.3. The second-order valence-corrected chi connectivity index (χ2v) is 8.08. The van der Waals surface area contributed by atoms with Gasteiger partial charge in [-0.1, -0.05) is 89.8 Å². The van der Waals surface area contributed by atoms with Gasteiger partial charge in [-0.3, -0.25) is 8.78 Å². The Kier molecular flexibility index (Phi) is 44.7. The summed E-state index contributed by atoms with van der Waals surface area (Å²) in [5.41, 5.74) is 3.42. The first-order valence-corrected chi connectivity index (χ1v) is 11.7. The van der Waals surface area contributed by atoms with Crippen LogP contribution in [0.1, 0.15) is 79.2 Å². The van der Waals surface area contributed by atoms with Gasteiger partial charge in [0.1, 0.15) is 0 Å². The van der Waals surface area contributed by atoms with E-state index in [2.05, 4.69) is 13.8 Å². The molecule has 0 spiro atoms. The van der Waals surface area contributed by atoms with Crippen LogP contribution in [0, 0.1) is 6.92 Å². The molecule has 0 atom stereocenters. The van der Waals surface area contributed by atoms with E-state index < -0.39 is 22.5 Å². The van der Waals surface area contributed by atoms with Crippen molar-refractivity contribution in [3.05, 3.63) is 77.7 Å². The molecule has 2 rings (SSSR count). The Morgan fingerprint density at radius 2 is 0.897 bits per heavy atom. The molecule has 0 aliphatic rings. The molecule has 10 heteroatoms. The Morgan fingerprint density at radius 1 is 0.667 bits per heavy atom. The van der Waals surface area contributed by atoms with Crippen LogP contribution in [0.3, 0.4) is 0 Å². The average molecular weight is 846 g/mol. The molecule has 2 aromatic carbocycles. The fourth-order valence-electron chi connectivity index (χ4n) is 2.49. The number of rotatable bonds is 6. The largest absolute Gasteiger partial charge is 0.424 e. The zero-order chi connectivity index (χ0) is 27.4. The van der Waals surface area contributed by atoms with Crippen LogP contribution in [0.2, 0.25) is 0 Å². The van der Waals surface area contributed by atoms with Gasteiger partial charge in [0.15, 0.2) is 0 Å². The van der Waals surface area contributed by atoms with Crippen molar-refractivity contribution < 1.29 is 34.8 Å². The van der Waals surface area contributed by atoms with Crippen molar-refractivity contribution in [3.8, 4) is 0 Å². The molecule has 0 aliphatic heterocycles. The molecule has 0 unspecified atom stereocenters. The van der Waals surface area contributed by atoms with Crippen molar-refractivity contribution in [2.75, 3.05) is 20.6 Å².